The van der Waals surface area contributed by atoms with Crippen LogP contribution in [0, 0.1) is 6.92 Å². The van der Waals surface area contributed by atoms with E-state index in [2.05, 4.69) is 17.3 Å². The van der Waals surface area contributed by atoms with Crippen LogP contribution in [0.4, 0.5) is 5.69 Å². The molecule has 3 aromatic rings. The first-order valence-electron chi connectivity index (χ1n) is 10.6. The van der Waals surface area contributed by atoms with Gasteiger partial charge in [-0.3, -0.25) is 14.2 Å². The molecule has 1 saturated heterocycles. The van der Waals surface area contributed by atoms with Gasteiger partial charge in [0.1, 0.15) is 10.7 Å². The number of thiophene rings is 1. The molecule has 0 atom stereocenters. The fourth-order valence-corrected chi connectivity index (χ4v) is 5.25. The zero-order chi connectivity index (χ0) is 22.0. The number of hydrogen-bond donors (Lipinski definition) is 1. The summed E-state index contributed by atoms with van der Waals surface area (Å²) in [4.78, 5) is 34.9. The van der Waals surface area contributed by atoms with E-state index in [1.807, 2.05) is 41.8 Å². The van der Waals surface area contributed by atoms with Crippen molar-refractivity contribution >= 4 is 33.1 Å². The summed E-state index contributed by atoms with van der Waals surface area (Å²) in [6.07, 6.45) is 2.39. The first-order chi connectivity index (χ1) is 15.0. The van der Waals surface area contributed by atoms with E-state index in [1.165, 1.54) is 11.3 Å². The Labute approximate surface area is 185 Å². The van der Waals surface area contributed by atoms with E-state index < -0.39 is 0 Å². The molecule has 0 radical (unpaired) electrons. The number of ether oxygens (including phenoxy) is 1. The van der Waals surface area contributed by atoms with Gasteiger partial charge in [-0.2, -0.15) is 0 Å². The number of likely N-dealkylation sites (tertiary alicyclic amines) is 1. The highest BCUT2D eigenvalue weighted by Crippen LogP contribution is 2.30. The summed E-state index contributed by atoms with van der Waals surface area (Å²) in [6, 6.07) is 9.45. The number of aryl methyl sites for hydroxylation is 1. The zero-order valence-electron chi connectivity index (χ0n) is 18.2. The molecule has 4 rings (SSSR count). The fraction of sp³-hybridized carbons (Fsp3) is 0.435. The Kier molecular flexibility index (Phi) is 6.50. The molecule has 1 fully saturated rings. The SMILES string of the molecule is COCCc1nc2sc(C(=O)Nc3ccccc3)c(C)c2c(=O)n1C1CCN(C)CC1. The van der Waals surface area contributed by atoms with Gasteiger partial charge in [-0.25, -0.2) is 4.98 Å². The second kappa shape index (κ2) is 9.30. The number of para-hydroxylation sites is 1. The highest BCUT2D eigenvalue weighted by molar-refractivity contribution is 7.20. The lowest BCUT2D eigenvalue weighted by atomic mass is 10.0. The third kappa shape index (κ3) is 4.42. The van der Waals surface area contributed by atoms with Gasteiger partial charge in [0.2, 0.25) is 0 Å². The first kappa shape index (κ1) is 21.7. The number of fused-ring (bicyclic) bond motifs is 1. The Morgan fingerprint density at radius 1 is 1.26 bits per heavy atom. The second-order valence-electron chi connectivity index (χ2n) is 8.04. The molecule has 0 spiro atoms. The maximum atomic E-state index is 13.7. The van der Waals surface area contributed by atoms with E-state index in [4.69, 9.17) is 9.72 Å². The summed E-state index contributed by atoms with van der Waals surface area (Å²) in [5, 5.41) is 3.48. The molecular weight excluding hydrogens is 412 g/mol. The Balaban J connectivity index is 1.77. The minimum Gasteiger partial charge on any atom is -0.384 e. The largest absolute Gasteiger partial charge is 0.384 e. The van der Waals surface area contributed by atoms with Crippen LogP contribution < -0.4 is 10.9 Å². The quantitative estimate of drug-likeness (QED) is 0.635. The number of methoxy groups -OCH3 is 1. The molecule has 1 N–H and O–H groups in total. The van der Waals surface area contributed by atoms with Crippen LogP contribution in [0.3, 0.4) is 0 Å². The number of carbonyl (C=O) groups is 1. The number of aromatic nitrogens is 2. The standard InChI is InChI=1S/C23H28N4O3S/c1-15-19-22(31-20(15)21(28)24-16-7-5-4-6-8-16)25-18(11-14-30-3)27(23(19)29)17-9-12-26(2)13-10-17/h4-8,17H,9-14H2,1-3H3,(H,24,28). The van der Waals surface area contributed by atoms with E-state index in [0.717, 1.165) is 37.4 Å². The fourth-order valence-electron chi connectivity index (χ4n) is 4.16. The van der Waals surface area contributed by atoms with Gasteiger partial charge < -0.3 is 15.0 Å². The lowest BCUT2D eigenvalue weighted by molar-refractivity contribution is 0.103. The number of nitrogens with one attached hydrogen (secondary N) is 1. The van der Waals surface area contributed by atoms with Crippen molar-refractivity contribution in [2.75, 3.05) is 39.2 Å². The summed E-state index contributed by atoms with van der Waals surface area (Å²) in [7, 11) is 3.75. The Hall–Kier alpha value is -2.55. The number of rotatable bonds is 6. The Bertz CT molecular complexity index is 1130. The van der Waals surface area contributed by atoms with Crippen LogP contribution in [0.15, 0.2) is 35.1 Å². The van der Waals surface area contributed by atoms with Crippen LogP contribution in [0.2, 0.25) is 0 Å². The van der Waals surface area contributed by atoms with Gasteiger partial charge in [0.15, 0.2) is 0 Å². The summed E-state index contributed by atoms with van der Waals surface area (Å²) in [5.74, 6) is 0.528. The molecule has 8 heteroatoms. The van der Waals surface area contributed by atoms with Crippen LogP contribution >= 0.6 is 11.3 Å². The molecule has 0 bridgehead atoms. The molecule has 1 aromatic carbocycles. The van der Waals surface area contributed by atoms with Crippen molar-refractivity contribution < 1.29 is 9.53 Å². The minimum atomic E-state index is -0.213. The molecule has 164 valence electrons. The van der Waals surface area contributed by atoms with Crippen LogP contribution in [-0.2, 0) is 11.2 Å². The van der Waals surface area contributed by atoms with E-state index in [9.17, 15) is 9.59 Å². The molecule has 0 saturated carbocycles. The molecule has 0 unspecified atom stereocenters. The van der Waals surface area contributed by atoms with Crippen molar-refractivity contribution in [2.45, 2.75) is 32.2 Å². The molecule has 0 aliphatic carbocycles. The highest BCUT2D eigenvalue weighted by Gasteiger charge is 2.26. The van der Waals surface area contributed by atoms with Crippen molar-refractivity contribution in [1.29, 1.82) is 0 Å². The molecule has 3 heterocycles. The first-order valence-corrected chi connectivity index (χ1v) is 11.4. The zero-order valence-corrected chi connectivity index (χ0v) is 19.0. The normalized spacial score (nSPS) is 15.5. The second-order valence-corrected chi connectivity index (χ2v) is 9.04. The van der Waals surface area contributed by atoms with Gasteiger partial charge >= 0.3 is 0 Å². The Morgan fingerprint density at radius 2 is 1.97 bits per heavy atom. The average Bonchev–Trinajstić information content (AvgIpc) is 3.10. The maximum absolute atomic E-state index is 13.7. The predicted molar refractivity (Wildman–Crippen MR) is 124 cm³/mol. The lowest BCUT2D eigenvalue weighted by Gasteiger charge is -2.31. The van der Waals surface area contributed by atoms with Crippen molar-refractivity contribution in [3.8, 4) is 0 Å². The number of amides is 1. The molecule has 1 aliphatic heterocycles. The number of hydrogen-bond acceptors (Lipinski definition) is 6. The molecular formula is C23H28N4O3S. The van der Waals surface area contributed by atoms with Crippen LogP contribution in [0.5, 0.6) is 0 Å². The van der Waals surface area contributed by atoms with Crippen molar-refractivity contribution in [3.05, 3.63) is 57.0 Å². The van der Waals surface area contributed by atoms with E-state index in [0.29, 0.717) is 33.7 Å². The summed E-state index contributed by atoms with van der Waals surface area (Å²) < 4.78 is 7.13. The van der Waals surface area contributed by atoms with Crippen molar-refractivity contribution in [2.24, 2.45) is 0 Å². The van der Waals surface area contributed by atoms with Gasteiger partial charge in [-0.1, -0.05) is 18.2 Å². The smallest absolute Gasteiger partial charge is 0.266 e. The Morgan fingerprint density at radius 3 is 2.65 bits per heavy atom. The molecule has 31 heavy (non-hydrogen) atoms. The monoisotopic (exact) mass is 440 g/mol. The van der Waals surface area contributed by atoms with Gasteiger partial charge in [-0.05, 0) is 57.6 Å². The van der Waals surface area contributed by atoms with Crippen molar-refractivity contribution in [3.63, 3.8) is 0 Å². The van der Waals surface area contributed by atoms with E-state index in [-0.39, 0.29) is 17.5 Å². The minimum absolute atomic E-state index is 0.0434. The molecule has 1 amide bonds. The maximum Gasteiger partial charge on any atom is 0.266 e. The highest BCUT2D eigenvalue weighted by atomic mass is 32.1. The number of nitrogens with zero attached hydrogens (tertiary/aromatic N) is 3. The number of benzene rings is 1. The average molecular weight is 441 g/mol. The van der Waals surface area contributed by atoms with E-state index >= 15 is 0 Å². The molecule has 7 nitrogen and oxygen atoms in total. The number of carbonyl (C=O) groups excluding carboxylic acids is 1. The topological polar surface area (TPSA) is 76.5 Å². The van der Waals surface area contributed by atoms with Gasteiger partial charge in [0, 0.05) is 25.3 Å². The predicted octanol–water partition coefficient (Wildman–Crippen LogP) is 3.47. The van der Waals surface area contributed by atoms with E-state index in [1.54, 1.807) is 7.11 Å². The number of anilines is 1. The van der Waals surface area contributed by atoms with Crippen LogP contribution in [0.25, 0.3) is 10.2 Å². The van der Waals surface area contributed by atoms with Crippen molar-refractivity contribution in [1.82, 2.24) is 14.5 Å². The molecule has 2 aromatic heterocycles. The lowest BCUT2D eigenvalue weighted by Crippen LogP contribution is -2.37. The molecule has 1 aliphatic rings. The van der Waals surface area contributed by atoms with Crippen LogP contribution in [0.1, 0.15) is 39.9 Å². The van der Waals surface area contributed by atoms with Gasteiger partial charge in [0.05, 0.1) is 16.9 Å². The van der Waals surface area contributed by atoms with Gasteiger partial charge in [-0.15, -0.1) is 11.3 Å². The third-order valence-corrected chi connectivity index (χ3v) is 7.07. The summed E-state index contributed by atoms with van der Waals surface area (Å²) in [6.45, 7) is 4.24. The van der Waals surface area contributed by atoms with Gasteiger partial charge in [0.25, 0.3) is 11.5 Å². The summed E-state index contributed by atoms with van der Waals surface area (Å²) >= 11 is 1.28. The summed E-state index contributed by atoms with van der Waals surface area (Å²) in [5.41, 5.74) is 1.38. The van der Waals surface area contributed by atoms with Crippen LogP contribution in [-0.4, -0.2) is 54.2 Å². The number of piperidine rings is 1. The third-order valence-electron chi connectivity index (χ3n) is 5.89.